The molecule has 0 radical (unpaired) electrons. The molecule has 1 atom stereocenters. The van der Waals surface area contributed by atoms with Crippen LogP contribution in [-0.4, -0.2) is 22.1 Å². The fourth-order valence-electron chi connectivity index (χ4n) is 2.49. The Hall–Kier alpha value is -1.20. The minimum atomic E-state index is -0.0460. The highest BCUT2D eigenvalue weighted by Gasteiger charge is 2.41. The van der Waals surface area contributed by atoms with Crippen molar-refractivity contribution in [3.05, 3.63) is 17.3 Å². The van der Waals surface area contributed by atoms with Gasteiger partial charge >= 0.3 is 0 Å². The highest BCUT2D eigenvalue weighted by Crippen LogP contribution is 2.41. The summed E-state index contributed by atoms with van der Waals surface area (Å²) in [5, 5.41) is 4.71. The van der Waals surface area contributed by atoms with Crippen molar-refractivity contribution in [1.82, 2.24) is 9.97 Å². The number of nitrogens with zero attached hydrogens (tertiary/aromatic N) is 2. The molecule has 19 heavy (non-hydrogen) atoms. The van der Waals surface area contributed by atoms with Gasteiger partial charge in [-0.1, -0.05) is 6.92 Å². The first kappa shape index (κ1) is 12.8. The van der Waals surface area contributed by atoms with Gasteiger partial charge in [-0.2, -0.15) is 0 Å². The number of thiophene rings is 1. The van der Waals surface area contributed by atoms with Crippen LogP contribution in [0.3, 0.4) is 0 Å². The Morgan fingerprint density at radius 3 is 2.89 bits per heavy atom. The second-order valence-electron chi connectivity index (χ2n) is 5.53. The lowest BCUT2D eigenvalue weighted by atomic mass is 9.96. The molecule has 0 amide bonds. The quantitative estimate of drug-likeness (QED) is 0.881. The van der Waals surface area contributed by atoms with Crippen molar-refractivity contribution in [2.24, 2.45) is 11.7 Å². The lowest BCUT2D eigenvalue weighted by Gasteiger charge is -2.30. The number of hydrogen-bond donors (Lipinski definition) is 2. The van der Waals surface area contributed by atoms with E-state index < -0.39 is 0 Å². The fourth-order valence-corrected chi connectivity index (χ4v) is 3.42. The molecule has 3 N–H and O–H groups in total. The molecule has 1 aliphatic rings. The van der Waals surface area contributed by atoms with E-state index in [1.54, 1.807) is 17.7 Å². The molecule has 1 fully saturated rings. The average Bonchev–Trinajstić information content (AvgIpc) is 3.19. The Morgan fingerprint density at radius 2 is 2.26 bits per heavy atom. The minimum absolute atomic E-state index is 0.0460. The predicted octanol–water partition coefficient (Wildman–Crippen LogP) is 2.79. The van der Waals surface area contributed by atoms with Gasteiger partial charge in [-0.15, -0.1) is 11.3 Å². The van der Waals surface area contributed by atoms with Gasteiger partial charge in [0.25, 0.3) is 0 Å². The zero-order valence-electron chi connectivity index (χ0n) is 11.4. The van der Waals surface area contributed by atoms with E-state index in [1.807, 2.05) is 0 Å². The Bertz CT molecular complexity index is 590. The molecule has 5 heteroatoms. The number of aryl methyl sites for hydroxylation is 1. The third-order valence-electron chi connectivity index (χ3n) is 4.04. The van der Waals surface area contributed by atoms with Crippen molar-refractivity contribution in [3.63, 3.8) is 0 Å². The molecule has 2 aromatic rings. The van der Waals surface area contributed by atoms with Crippen LogP contribution >= 0.6 is 11.3 Å². The molecule has 1 aliphatic carbocycles. The van der Waals surface area contributed by atoms with Crippen LogP contribution in [0.5, 0.6) is 0 Å². The maximum absolute atomic E-state index is 5.97. The summed E-state index contributed by atoms with van der Waals surface area (Å²) in [5.74, 6) is 1.60. The largest absolute Gasteiger partial charge is 0.363 e. The van der Waals surface area contributed by atoms with Gasteiger partial charge in [0.2, 0.25) is 0 Å². The lowest BCUT2D eigenvalue weighted by Crippen LogP contribution is -2.44. The number of aromatic nitrogens is 2. The van der Waals surface area contributed by atoms with Crippen molar-refractivity contribution < 1.29 is 0 Å². The molecule has 0 bridgehead atoms. The van der Waals surface area contributed by atoms with Crippen LogP contribution in [0.15, 0.2) is 12.4 Å². The van der Waals surface area contributed by atoms with E-state index in [1.165, 1.54) is 17.7 Å². The van der Waals surface area contributed by atoms with Crippen LogP contribution in [0.2, 0.25) is 0 Å². The van der Waals surface area contributed by atoms with Gasteiger partial charge in [-0.05, 0) is 38.2 Å². The smallest absolute Gasteiger partial charge is 0.138 e. The van der Waals surface area contributed by atoms with E-state index in [9.17, 15) is 0 Å². The first-order chi connectivity index (χ1) is 9.16. The monoisotopic (exact) mass is 276 g/mol. The van der Waals surface area contributed by atoms with Crippen LogP contribution in [0, 0.1) is 5.92 Å². The summed E-state index contributed by atoms with van der Waals surface area (Å²) in [4.78, 5) is 11.2. The van der Waals surface area contributed by atoms with Crippen LogP contribution in [0.1, 0.15) is 31.6 Å². The number of fused-ring (bicyclic) bond motifs is 1. The Morgan fingerprint density at radius 1 is 1.47 bits per heavy atom. The van der Waals surface area contributed by atoms with E-state index in [-0.39, 0.29) is 5.54 Å². The molecule has 3 rings (SSSR count). The zero-order valence-corrected chi connectivity index (χ0v) is 12.3. The number of rotatable bonds is 5. The van der Waals surface area contributed by atoms with E-state index in [4.69, 9.17) is 5.73 Å². The van der Waals surface area contributed by atoms with Crippen LogP contribution in [-0.2, 0) is 6.42 Å². The summed E-state index contributed by atoms with van der Waals surface area (Å²) < 4.78 is 0. The molecule has 0 aromatic carbocycles. The normalized spacial score (nSPS) is 18.5. The Balaban J connectivity index is 1.97. The van der Waals surface area contributed by atoms with Crippen LogP contribution in [0.25, 0.3) is 10.2 Å². The van der Waals surface area contributed by atoms with Crippen molar-refractivity contribution in [2.75, 3.05) is 11.9 Å². The molecule has 2 aromatic heterocycles. The number of nitrogens with one attached hydrogen (secondary N) is 1. The van der Waals surface area contributed by atoms with Gasteiger partial charge in [-0.3, -0.25) is 0 Å². The summed E-state index contributed by atoms with van der Waals surface area (Å²) >= 11 is 1.75. The predicted molar refractivity (Wildman–Crippen MR) is 80.6 cm³/mol. The third kappa shape index (κ3) is 2.32. The SMILES string of the molecule is CCc1cc2c(NC(C)(CN)C3CC3)ncnc2s1. The Labute approximate surface area is 117 Å². The van der Waals surface area contributed by atoms with Gasteiger partial charge in [-0.25, -0.2) is 9.97 Å². The fraction of sp³-hybridized carbons (Fsp3) is 0.571. The maximum atomic E-state index is 5.97. The number of nitrogens with two attached hydrogens (primary N) is 1. The topological polar surface area (TPSA) is 63.8 Å². The first-order valence-electron chi connectivity index (χ1n) is 6.88. The highest BCUT2D eigenvalue weighted by atomic mass is 32.1. The molecule has 1 unspecified atom stereocenters. The van der Waals surface area contributed by atoms with Crippen LogP contribution in [0.4, 0.5) is 5.82 Å². The summed E-state index contributed by atoms with van der Waals surface area (Å²) in [7, 11) is 0. The average molecular weight is 276 g/mol. The van der Waals surface area contributed by atoms with Crippen LogP contribution < -0.4 is 11.1 Å². The standard InChI is InChI=1S/C14H20N4S/c1-3-10-6-11-12(16-8-17-13(11)19-10)18-14(2,7-15)9-4-5-9/h6,8-9H,3-5,7,15H2,1-2H3,(H,16,17,18). The molecule has 0 aliphatic heterocycles. The van der Waals surface area contributed by atoms with Crippen molar-refractivity contribution in [1.29, 1.82) is 0 Å². The van der Waals surface area contributed by atoms with Gasteiger partial charge in [0.15, 0.2) is 0 Å². The lowest BCUT2D eigenvalue weighted by molar-refractivity contribution is 0.458. The van der Waals surface area contributed by atoms with E-state index in [0.29, 0.717) is 12.5 Å². The second kappa shape index (κ2) is 4.72. The molecule has 1 saturated carbocycles. The van der Waals surface area contributed by atoms with Crippen molar-refractivity contribution >= 4 is 27.4 Å². The van der Waals surface area contributed by atoms with Gasteiger partial charge in [0.1, 0.15) is 17.0 Å². The Kier molecular flexibility index (Phi) is 3.19. The highest BCUT2D eigenvalue weighted by molar-refractivity contribution is 7.18. The summed E-state index contributed by atoms with van der Waals surface area (Å²) in [6.07, 6.45) is 5.21. The van der Waals surface area contributed by atoms with Crippen molar-refractivity contribution in [3.8, 4) is 0 Å². The third-order valence-corrected chi connectivity index (χ3v) is 5.22. The van der Waals surface area contributed by atoms with Gasteiger partial charge < -0.3 is 11.1 Å². The molecule has 0 spiro atoms. The number of anilines is 1. The minimum Gasteiger partial charge on any atom is -0.363 e. The summed E-state index contributed by atoms with van der Waals surface area (Å²) in [6, 6.07) is 2.20. The molecule has 102 valence electrons. The van der Waals surface area contributed by atoms with E-state index in [2.05, 4.69) is 35.2 Å². The summed E-state index contributed by atoms with van der Waals surface area (Å²) in [6.45, 7) is 5.00. The second-order valence-corrected chi connectivity index (χ2v) is 6.64. The zero-order chi connectivity index (χ0) is 13.5. The summed E-state index contributed by atoms with van der Waals surface area (Å²) in [5.41, 5.74) is 5.92. The van der Waals surface area contributed by atoms with E-state index >= 15 is 0 Å². The van der Waals surface area contributed by atoms with Gasteiger partial charge in [0, 0.05) is 11.4 Å². The first-order valence-corrected chi connectivity index (χ1v) is 7.69. The molecule has 0 saturated heterocycles. The van der Waals surface area contributed by atoms with Gasteiger partial charge in [0.05, 0.1) is 10.9 Å². The molecule has 4 nitrogen and oxygen atoms in total. The molecule has 2 heterocycles. The maximum Gasteiger partial charge on any atom is 0.138 e. The number of hydrogen-bond acceptors (Lipinski definition) is 5. The van der Waals surface area contributed by atoms with Crippen molar-refractivity contribution in [2.45, 2.75) is 38.6 Å². The molecular weight excluding hydrogens is 256 g/mol. The molecular formula is C14H20N4S. The van der Waals surface area contributed by atoms with E-state index in [0.717, 1.165) is 22.5 Å².